The molecule has 0 amide bonds. The van der Waals surface area contributed by atoms with Crippen LogP contribution in [0.1, 0.15) is 53.6 Å². The van der Waals surface area contributed by atoms with Gasteiger partial charge in [-0.15, -0.1) is 0 Å². The highest BCUT2D eigenvalue weighted by Gasteiger charge is 2.09. The Bertz CT molecular complexity index is 502. The lowest BCUT2D eigenvalue weighted by molar-refractivity contribution is 0.0991. The number of carbonyl (C=O) groups is 1. The first kappa shape index (κ1) is 15.0. The molecule has 2 rings (SSSR count). The van der Waals surface area contributed by atoms with Crippen LogP contribution in [0.25, 0.3) is 0 Å². The van der Waals surface area contributed by atoms with Crippen LogP contribution in [-0.4, -0.2) is 18.9 Å². The minimum absolute atomic E-state index is 0.195. The van der Waals surface area contributed by atoms with Crippen LogP contribution in [0, 0.1) is 13.8 Å². The molecule has 0 atom stereocenters. The standard InChI is InChI=1S/C18H25NO/c1-14-8-9-17(15(2)12-14)18(20)13-19-11-10-16-6-4-3-5-7-16/h6,8-9,12,19H,3-5,7,10-11,13H2,1-2H3. The molecule has 0 saturated carbocycles. The molecule has 0 aromatic heterocycles. The molecule has 0 aliphatic heterocycles. The van der Waals surface area contributed by atoms with E-state index in [1.165, 1.54) is 31.2 Å². The van der Waals surface area contributed by atoms with Crippen molar-refractivity contribution in [1.82, 2.24) is 5.32 Å². The molecular formula is C18H25NO. The van der Waals surface area contributed by atoms with Crippen LogP contribution < -0.4 is 5.32 Å². The van der Waals surface area contributed by atoms with E-state index in [-0.39, 0.29) is 5.78 Å². The Balaban J connectivity index is 1.76. The van der Waals surface area contributed by atoms with Crippen LogP contribution >= 0.6 is 0 Å². The van der Waals surface area contributed by atoms with Gasteiger partial charge < -0.3 is 5.32 Å². The van der Waals surface area contributed by atoms with Crippen molar-refractivity contribution in [2.75, 3.05) is 13.1 Å². The van der Waals surface area contributed by atoms with E-state index in [2.05, 4.69) is 24.4 Å². The molecule has 1 N–H and O–H groups in total. The Labute approximate surface area is 122 Å². The second kappa shape index (κ2) is 7.39. The maximum absolute atomic E-state index is 12.2. The Hall–Kier alpha value is -1.41. The fraction of sp³-hybridized carbons (Fsp3) is 0.500. The molecule has 0 fully saturated rings. The maximum Gasteiger partial charge on any atom is 0.176 e. The zero-order valence-electron chi connectivity index (χ0n) is 12.7. The van der Waals surface area contributed by atoms with Gasteiger partial charge in [-0.2, -0.15) is 0 Å². The Morgan fingerprint density at radius 1 is 1.25 bits per heavy atom. The third-order valence-electron chi connectivity index (χ3n) is 3.98. The van der Waals surface area contributed by atoms with E-state index in [1.807, 2.05) is 19.1 Å². The molecule has 0 unspecified atom stereocenters. The van der Waals surface area contributed by atoms with E-state index in [4.69, 9.17) is 0 Å². The topological polar surface area (TPSA) is 29.1 Å². The lowest BCUT2D eigenvalue weighted by Crippen LogP contribution is -2.25. The SMILES string of the molecule is Cc1ccc(C(=O)CNCCC2=CCCCC2)c(C)c1. The molecule has 1 aliphatic rings. The summed E-state index contributed by atoms with van der Waals surface area (Å²) in [4.78, 5) is 12.2. The van der Waals surface area contributed by atoms with Crippen LogP contribution in [0.3, 0.4) is 0 Å². The average Bonchev–Trinajstić information content (AvgIpc) is 2.44. The third kappa shape index (κ3) is 4.31. The predicted octanol–water partition coefficient (Wildman–Crippen LogP) is 3.97. The predicted molar refractivity (Wildman–Crippen MR) is 84.3 cm³/mol. The third-order valence-corrected chi connectivity index (χ3v) is 3.98. The van der Waals surface area contributed by atoms with Crippen molar-refractivity contribution in [2.45, 2.75) is 46.0 Å². The Morgan fingerprint density at radius 3 is 2.80 bits per heavy atom. The summed E-state index contributed by atoms with van der Waals surface area (Å²) in [5.41, 5.74) is 4.69. The zero-order chi connectivity index (χ0) is 14.4. The number of Topliss-reactive ketones (excluding diaryl/α,β-unsaturated/α-hetero) is 1. The highest BCUT2D eigenvalue weighted by molar-refractivity contribution is 5.98. The van der Waals surface area contributed by atoms with E-state index >= 15 is 0 Å². The minimum Gasteiger partial charge on any atom is -0.309 e. The van der Waals surface area contributed by atoms with Crippen LogP contribution in [0.5, 0.6) is 0 Å². The molecule has 0 spiro atoms. The molecule has 20 heavy (non-hydrogen) atoms. The van der Waals surface area contributed by atoms with E-state index in [0.717, 1.165) is 24.1 Å². The Kier molecular flexibility index (Phi) is 5.54. The lowest BCUT2D eigenvalue weighted by atomic mass is 9.97. The average molecular weight is 271 g/mol. The first-order valence-corrected chi connectivity index (χ1v) is 7.66. The van der Waals surface area contributed by atoms with E-state index in [0.29, 0.717) is 6.54 Å². The molecule has 108 valence electrons. The van der Waals surface area contributed by atoms with Crippen molar-refractivity contribution >= 4 is 5.78 Å². The summed E-state index contributed by atoms with van der Waals surface area (Å²) >= 11 is 0. The van der Waals surface area contributed by atoms with Gasteiger partial charge in [0.1, 0.15) is 0 Å². The van der Waals surface area contributed by atoms with Crippen molar-refractivity contribution < 1.29 is 4.79 Å². The molecular weight excluding hydrogens is 246 g/mol. The fourth-order valence-corrected chi connectivity index (χ4v) is 2.80. The fourth-order valence-electron chi connectivity index (χ4n) is 2.80. The molecule has 2 nitrogen and oxygen atoms in total. The van der Waals surface area contributed by atoms with Gasteiger partial charge in [0.15, 0.2) is 5.78 Å². The first-order chi connectivity index (χ1) is 9.66. The van der Waals surface area contributed by atoms with Gasteiger partial charge in [-0.3, -0.25) is 4.79 Å². The van der Waals surface area contributed by atoms with Crippen molar-refractivity contribution in [2.24, 2.45) is 0 Å². The van der Waals surface area contributed by atoms with Gasteiger partial charge in [0.05, 0.1) is 6.54 Å². The molecule has 1 aromatic rings. The highest BCUT2D eigenvalue weighted by atomic mass is 16.1. The van der Waals surface area contributed by atoms with Crippen LogP contribution in [0.2, 0.25) is 0 Å². The number of nitrogens with one attached hydrogen (secondary N) is 1. The van der Waals surface area contributed by atoms with Gasteiger partial charge in [0.2, 0.25) is 0 Å². The van der Waals surface area contributed by atoms with Gasteiger partial charge in [0, 0.05) is 5.56 Å². The second-order valence-corrected chi connectivity index (χ2v) is 5.78. The molecule has 1 aromatic carbocycles. The number of aryl methyl sites for hydroxylation is 2. The zero-order valence-corrected chi connectivity index (χ0v) is 12.7. The molecule has 2 heteroatoms. The van der Waals surface area contributed by atoms with Crippen molar-refractivity contribution in [3.05, 3.63) is 46.5 Å². The van der Waals surface area contributed by atoms with Crippen LogP contribution in [0.4, 0.5) is 0 Å². The molecule has 0 bridgehead atoms. The van der Waals surface area contributed by atoms with Gasteiger partial charge in [-0.1, -0.05) is 35.4 Å². The summed E-state index contributed by atoms with van der Waals surface area (Å²) in [5, 5.41) is 3.28. The maximum atomic E-state index is 12.2. The number of carbonyl (C=O) groups excluding carboxylic acids is 1. The highest BCUT2D eigenvalue weighted by Crippen LogP contribution is 2.19. The number of ketones is 1. The van der Waals surface area contributed by atoms with Gasteiger partial charge in [0.25, 0.3) is 0 Å². The first-order valence-electron chi connectivity index (χ1n) is 7.66. The smallest absolute Gasteiger partial charge is 0.176 e. The normalized spacial score (nSPS) is 15.0. The van der Waals surface area contributed by atoms with Crippen molar-refractivity contribution in [3.8, 4) is 0 Å². The monoisotopic (exact) mass is 271 g/mol. The van der Waals surface area contributed by atoms with Gasteiger partial charge in [-0.25, -0.2) is 0 Å². The number of allylic oxidation sites excluding steroid dienone is 1. The van der Waals surface area contributed by atoms with E-state index in [1.54, 1.807) is 5.57 Å². The number of hydrogen-bond donors (Lipinski definition) is 1. The van der Waals surface area contributed by atoms with Crippen molar-refractivity contribution in [3.63, 3.8) is 0 Å². The number of rotatable bonds is 6. The summed E-state index contributed by atoms with van der Waals surface area (Å²) in [6, 6.07) is 6.02. The number of benzene rings is 1. The van der Waals surface area contributed by atoms with E-state index in [9.17, 15) is 4.79 Å². The summed E-state index contributed by atoms with van der Waals surface area (Å²) < 4.78 is 0. The largest absolute Gasteiger partial charge is 0.309 e. The molecule has 0 radical (unpaired) electrons. The molecule has 1 aliphatic carbocycles. The molecule has 0 heterocycles. The number of hydrogen-bond acceptors (Lipinski definition) is 2. The van der Waals surface area contributed by atoms with Crippen LogP contribution in [-0.2, 0) is 0 Å². The minimum atomic E-state index is 0.195. The molecule has 0 saturated heterocycles. The van der Waals surface area contributed by atoms with Gasteiger partial charge in [-0.05, 0) is 58.1 Å². The summed E-state index contributed by atoms with van der Waals surface area (Å²) in [7, 11) is 0. The summed E-state index contributed by atoms with van der Waals surface area (Å²) in [5.74, 6) is 0.195. The van der Waals surface area contributed by atoms with Crippen LogP contribution in [0.15, 0.2) is 29.8 Å². The second-order valence-electron chi connectivity index (χ2n) is 5.78. The lowest BCUT2D eigenvalue weighted by Gasteiger charge is -2.13. The quantitative estimate of drug-likeness (QED) is 0.482. The van der Waals surface area contributed by atoms with E-state index < -0.39 is 0 Å². The van der Waals surface area contributed by atoms with Gasteiger partial charge >= 0.3 is 0 Å². The Morgan fingerprint density at radius 2 is 2.10 bits per heavy atom. The summed E-state index contributed by atoms with van der Waals surface area (Å²) in [6.07, 6.45) is 8.59. The van der Waals surface area contributed by atoms with Crippen molar-refractivity contribution in [1.29, 1.82) is 0 Å². The summed E-state index contributed by atoms with van der Waals surface area (Å²) in [6.45, 7) is 5.41.